The van der Waals surface area contributed by atoms with E-state index in [2.05, 4.69) is 4.98 Å². The van der Waals surface area contributed by atoms with Crippen molar-refractivity contribution < 1.29 is 13.2 Å². The van der Waals surface area contributed by atoms with Crippen LogP contribution in [-0.2, 0) is 0 Å². The van der Waals surface area contributed by atoms with Gasteiger partial charge in [-0.15, -0.1) is 0 Å². The molecule has 0 saturated heterocycles. The molecule has 0 unspecified atom stereocenters. The predicted molar refractivity (Wildman–Crippen MR) is 55.4 cm³/mol. The molecule has 1 aliphatic carbocycles. The van der Waals surface area contributed by atoms with Crippen LogP contribution in [0.25, 0.3) is 0 Å². The first-order valence-electron chi connectivity index (χ1n) is 5.20. The van der Waals surface area contributed by atoms with Gasteiger partial charge in [-0.3, -0.25) is 0 Å². The SMILES string of the molecule is N#Cc1cccnc1N(CC(F)(F)F)C1CC1. The molecule has 0 amide bonds. The van der Waals surface area contributed by atoms with E-state index in [9.17, 15) is 13.2 Å². The number of nitrogens with zero attached hydrogens (tertiary/aromatic N) is 3. The van der Waals surface area contributed by atoms with Crippen LogP contribution in [0.1, 0.15) is 18.4 Å². The molecule has 0 aromatic carbocycles. The van der Waals surface area contributed by atoms with E-state index in [4.69, 9.17) is 5.26 Å². The Labute approximate surface area is 96.5 Å². The van der Waals surface area contributed by atoms with Crippen molar-refractivity contribution in [3.63, 3.8) is 0 Å². The van der Waals surface area contributed by atoms with Crippen molar-refractivity contribution in [1.82, 2.24) is 4.98 Å². The lowest BCUT2D eigenvalue weighted by molar-refractivity contribution is -0.120. The number of nitriles is 1. The van der Waals surface area contributed by atoms with E-state index in [1.165, 1.54) is 17.2 Å². The Morgan fingerprint density at radius 2 is 2.18 bits per heavy atom. The minimum absolute atomic E-state index is 0.134. The topological polar surface area (TPSA) is 39.9 Å². The molecule has 1 aromatic heterocycles. The van der Waals surface area contributed by atoms with Crippen LogP contribution in [0.5, 0.6) is 0 Å². The van der Waals surface area contributed by atoms with Gasteiger partial charge in [-0.05, 0) is 25.0 Å². The summed E-state index contributed by atoms with van der Waals surface area (Å²) in [5.74, 6) is 0.134. The smallest absolute Gasteiger partial charge is 0.343 e. The molecule has 6 heteroatoms. The third-order valence-electron chi connectivity index (χ3n) is 2.52. The minimum atomic E-state index is -4.28. The van der Waals surface area contributed by atoms with Gasteiger partial charge in [0.05, 0.1) is 5.56 Å². The van der Waals surface area contributed by atoms with Gasteiger partial charge in [-0.25, -0.2) is 4.98 Å². The van der Waals surface area contributed by atoms with Crippen molar-refractivity contribution in [3.8, 4) is 6.07 Å². The van der Waals surface area contributed by atoms with Crippen LogP contribution in [-0.4, -0.2) is 23.7 Å². The average Bonchev–Trinajstić information content (AvgIpc) is 3.08. The third kappa shape index (κ3) is 2.87. The lowest BCUT2D eigenvalue weighted by Crippen LogP contribution is -2.37. The van der Waals surface area contributed by atoms with Crippen molar-refractivity contribution in [3.05, 3.63) is 23.9 Å². The van der Waals surface area contributed by atoms with E-state index in [0.29, 0.717) is 0 Å². The predicted octanol–water partition coefficient (Wildman–Crippen LogP) is 2.48. The highest BCUT2D eigenvalue weighted by atomic mass is 19.4. The summed E-state index contributed by atoms with van der Waals surface area (Å²) in [6.07, 6.45) is -1.44. The first-order valence-corrected chi connectivity index (χ1v) is 5.20. The molecule has 0 spiro atoms. The van der Waals surface area contributed by atoms with E-state index < -0.39 is 12.7 Å². The van der Waals surface area contributed by atoms with Gasteiger partial charge in [-0.2, -0.15) is 18.4 Å². The fraction of sp³-hybridized carbons (Fsp3) is 0.455. The molecule has 0 bridgehead atoms. The minimum Gasteiger partial charge on any atom is -0.343 e. The largest absolute Gasteiger partial charge is 0.405 e. The van der Waals surface area contributed by atoms with E-state index >= 15 is 0 Å². The van der Waals surface area contributed by atoms with Crippen LogP contribution in [0.15, 0.2) is 18.3 Å². The second-order valence-electron chi connectivity index (χ2n) is 3.96. The maximum absolute atomic E-state index is 12.5. The third-order valence-corrected chi connectivity index (χ3v) is 2.52. The molecule has 1 fully saturated rings. The normalized spacial score (nSPS) is 15.4. The van der Waals surface area contributed by atoms with Gasteiger partial charge in [0.2, 0.25) is 0 Å². The van der Waals surface area contributed by atoms with Crippen LogP contribution in [0.2, 0.25) is 0 Å². The van der Waals surface area contributed by atoms with Crippen molar-refractivity contribution in [2.24, 2.45) is 0 Å². The van der Waals surface area contributed by atoms with Gasteiger partial charge in [-0.1, -0.05) is 0 Å². The number of hydrogen-bond acceptors (Lipinski definition) is 3. The second-order valence-corrected chi connectivity index (χ2v) is 3.96. The summed E-state index contributed by atoms with van der Waals surface area (Å²) in [5, 5.41) is 8.87. The molecule has 1 aromatic rings. The maximum Gasteiger partial charge on any atom is 0.405 e. The zero-order valence-corrected chi connectivity index (χ0v) is 8.91. The summed E-state index contributed by atoms with van der Waals surface area (Å²) in [6.45, 7) is -1.05. The lowest BCUT2D eigenvalue weighted by atomic mass is 10.2. The van der Waals surface area contributed by atoms with Crippen LogP contribution in [0, 0.1) is 11.3 Å². The van der Waals surface area contributed by atoms with Crippen LogP contribution in [0.4, 0.5) is 19.0 Å². The number of aromatic nitrogens is 1. The van der Waals surface area contributed by atoms with Gasteiger partial charge in [0.25, 0.3) is 0 Å². The van der Waals surface area contributed by atoms with Crippen LogP contribution in [0.3, 0.4) is 0 Å². The Kier molecular flexibility index (Phi) is 2.92. The first-order chi connectivity index (χ1) is 8.01. The second kappa shape index (κ2) is 4.24. The number of rotatable bonds is 3. The van der Waals surface area contributed by atoms with Gasteiger partial charge in [0, 0.05) is 12.2 Å². The number of hydrogen-bond donors (Lipinski definition) is 0. The Morgan fingerprint density at radius 1 is 1.47 bits per heavy atom. The van der Waals surface area contributed by atoms with Gasteiger partial charge in [0.15, 0.2) is 0 Å². The van der Waals surface area contributed by atoms with Crippen LogP contribution < -0.4 is 4.90 Å². The van der Waals surface area contributed by atoms with Gasteiger partial charge < -0.3 is 4.90 Å². The highest BCUT2D eigenvalue weighted by molar-refractivity contribution is 5.55. The number of anilines is 1. The molecule has 0 aliphatic heterocycles. The van der Waals surface area contributed by atoms with Gasteiger partial charge >= 0.3 is 6.18 Å². The molecule has 0 atom stereocenters. The highest BCUT2D eigenvalue weighted by Gasteiger charge is 2.39. The van der Waals surface area contributed by atoms with E-state index in [-0.39, 0.29) is 17.4 Å². The molecular formula is C11H10F3N3. The molecule has 17 heavy (non-hydrogen) atoms. The fourth-order valence-corrected chi connectivity index (χ4v) is 1.67. The molecule has 0 N–H and O–H groups in total. The zero-order valence-electron chi connectivity index (χ0n) is 8.91. The Bertz CT molecular complexity index is 446. The van der Waals surface area contributed by atoms with Crippen molar-refractivity contribution >= 4 is 5.82 Å². The standard InChI is InChI=1S/C11H10F3N3/c12-11(13,14)7-17(9-3-4-9)10-8(6-15)2-1-5-16-10/h1-2,5,9H,3-4,7H2. The number of halogens is 3. The van der Waals surface area contributed by atoms with Crippen molar-refractivity contribution in [2.45, 2.75) is 25.1 Å². The maximum atomic E-state index is 12.5. The monoisotopic (exact) mass is 241 g/mol. The summed E-state index contributed by atoms with van der Waals surface area (Å²) >= 11 is 0. The lowest BCUT2D eigenvalue weighted by Gasteiger charge is -2.25. The van der Waals surface area contributed by atoms with E-state index in [1.807, 2.05) is 6.07 Å². The summed E-state index contributed by atoms with van der Waals surface area (Å²) in [6, 6.07) is 4.76. The molecular weight excluding hydrogens is 231 g/mol. The molecule has 0 radical (unpaired) electrons. The number of alkyl halides is 3. The van der Waals surface area contributed by atoms with Crippen molar-refractivity contribution in [1.29, 1.82) is 5.26 Å². The van der Waals surface area contributed by atoms with Crippen LogP contribution >= 0.6 is 0 Å². The Balaban J connectivity index is 2.30. The highest BCUT2D eigenvalue weighted by Crippen LogP contribution is 2.34. The fourth-order valence-electron chi connectivity index (χ4n) is 1.67. The quantitative estimate of drug-likeness (QED) is 0.816. The average molecular weight is 241 g/mol. The summed E-state index contributed by atoms with van der Waals surface area (Å²) in [5.41, 5.74) is 0.184. The molecule has 1 saturated carbocycles. The summed E-state index contributed by atoms with van der Waals surface area (Å²) in [7, 11) is 0. The van der Waals surface area contributed by atoms with Gasteiger partial charge in [0.1, 0.15) is 18.4 Å². The Morgan fingerprint density at radius 3 is 2.71 bits per heavy atom. The summed E-state index contributed by atoms with van der Waals surface area (Å²) in [4.78, 5) is 5.08. The zero-order chi connectivity index (χ0) is 12.5. The van der Waals surface area contributed by atoms with Crippen molar-refractivity contribution in [2.75, 3.05) is 11.4 Å². The molecule has 3 nitrogen and oxygen atoms in total. The summed E-state index contributed by atoms with van der Waals surface area (Å²) < 4.78 is 37.4. The molecule has 1 aliphatic rings. The molecule has 90 valence electrons. The van der Waals surface area contributed by atoms with E-state index in [0.717, 1.165) is 12.8 Å². The first kappa shape index (κ1) is 11.7. The number of pyridine rings is 1. The Hall–Kier alpha value is -1.77. The molecule has 1 heterocycles. The molecule has 2 rings (SSSR count). The van der Waals surface area contributed by atoms with E-state index in [1.54, 1.807) is 6.07 Å².